The average molecular weight is 185 g/mol. The van der Waals surface area contributed by atoms with Crippen LogP contribution in [0.5, 0.6) is 0 Å². The van der Waals surface area contributed by atoms with E-state index in [-0.39, 0.29) is 5.97 Å². The molecule has 1 rings (SSSR count). The van der Waals surface area contributed by atoms with Crippen LogP contribution < -0.4 is 5.73 Å². The summed E-state index contributed by atoms with van der Waals surface area (Å²) in [6.07, 6.45) is 2.85. The zero-order chi connectivity index (χ0) is 10.1. The minimum Gasteiger partial charge on any atom is -0.468 e. The molecule has 3 heteroatoms. The first-order chi connectivity index (χ1) is 6.00. The van der Waals surface area contributed by atoms with Crippen molar-refractivity contribution in [2.75, 3.05) is 7.11 Å². The number of esters is 1. The van der Waals surface area contributed by atoms with E-state index in [9.17, 15) is 4.79 Å². The van der Waals surface area contributed by atoms with Crippen molar-refractivity contribution in [2.24, 2.45) is 17.6 Å². The molecule has 1 saturated carbocycles. The molecule has 1 aliphatic carbocycles. The summed E-state index contributed by atoms with van der Waals surface area (Å²) in [5, 5.41) is 0. The second kappa shape index (κ2) is 3.66. The molecule has 0 bridgehead atoms. The molecule has 0 radical (unpaired) electrons. The zero-order valence-corrected chi connectivity index (χ0v) is 8.67. The molecule has 0 aromatic rings. The monoisotopic (exact) mass is 185 g/mol. The third-order valence-corrected chi connectivity index (χ3v) is 2.96. The van der Waals surface area contributed by atoms with E-state index in [0.29, 0.717) is 11.8 Å². The van der Waals surface area contributed by atoms with E-state index in [4.69, 9.17) is 10.5 Å². The van der Waals surface area contributed by atoms with Crippen LogP contribution in [0, 0.1) is 11.8 Å². The molecule has 1 aliphatic rings. The van der Waals surface area contributed by atoms with Gasteiger partial charge in [-0.3, -0.25) is 4.79 Å². The van der Waals surface area contributed by atoms with E-state index in [1.54, 1.807) is 0 Å². The van der Waals surface area contributed by atoms with Crippen LogP contribution in [0.2, 0.25) is 0 Å². The van der Waals surface area contributed by atoms with Crippen molar-refractivity contribution >= 4 is 5.97 Å². The van der Waals surface area contributed by atoms with Crippen LogP contribution in [-0.4, -0.2) is 18.6 Å². The summed E-state index contributed by atoms with van der Waals surface area (Å²) in [5.74, 6) is 0.669. The lowest BCUT2D eigenvalue weighted by Gasteiger charge is -2.44. The van der Waals surface area contributed by atoms with Crippen molar-refractivity contribution in [3.05, 3.63) is 0 Å². The summed E-state index contributed by atoms with van der Waals surface area (Å²) in [7, 11) is 1.40. The summed E-state index contributed by atoms with van der Waals surface area (Å²) in [6.45, 7) is 4.30. The van der Waals surface area contributed by atoms with Gasteiger partial charge < -0.3 is 10.5 Å². The number of methoxy groups -OCH3 is 1. The highest BCUT2D eigenvalue weighted by atomic mass is 16.5. The minimum atomic E-state index is -0.682. The van der Waals surface area contributed by atoms with Gasteiger partial charge in [-0.05, 0) is 31.1 Å². The Morgan fingerprint density at radius 2 is 2.31 bits per heavy atom. The second-order valence-electron chi connectivity index (χ2n) is 4.40. The molecule has 0 saturated heterocycles. The van der Waals surface area contributed by atoms with Crippen LogP contribution in [0.25, 0.3) is 0 Å². The fraction of sp³-hybridized carbons (Fsp3) is 0.900. The molecule has 3 nitrogen and oxygen atoms in total. The lowest BCUT2D eigenvalue weighted by Crippen LogP contribution is -2.61. The molecule has 2 N–H and O–H groups in total. The standard InChI is InChI=1S/C10H19NO2/c1-7(2)6-8-4-5-10(8,11)9(12)13-3/h7-8H,4-6,11H2,1-3H3/t8-,10+/m0/s1. The predicted molar refractivity (Wildman–Crippen MR) is 51.1 cm³/mol. The molecule has 0 unspecified atom stereocenters. The van der Waals surface area contributed by atoms with E-state index < -0.39 is 5.54 Å². The maximum atomic E-state index is 11.4. The minimum absolute atomic E-state index is 0.246. The van der Waals surface area contributed by atoms with E-state index >= 15 is 0 Å². The van der Waals surface area contributed by atoms with Gasteiger partial charge in [0.25, 0.3) is 0 Å². The average Bonchev–Trinajstić information content (AvgIpc) is 2.09. The third kappa shape index (κ3) is 1.85. The van der Waals surface area contributed by atoms with E-state index in [1.807, 2.05) is 0 Å². The highest BCUT2D eigenvalue weighted by Crippen LogP contribution is 2.41. The van der Waals surface area contributed by atoms with Gasteiger partial charge in [-0.1, -0.05) is 13.8 Å². The Labute approximate surface area is 79.6 Å². The summed E-state index contributed by atoms with van der Waals surface area (Å²) in [6, 6.07) is 0. The molecule has 0 aromatic heterocycles. The Morgan fingerprint density at radius 3 is 2.62 bits per heavy atom. The van der Waals surface area contributed by atoms with Gasteiger partial charge in [-0.2, -0.15) is 0 Å². The SMILES string of the molecule is COC(=O)[C@@]1(N)CC[C@H]1CC(C)C. The predicted octanol–water partition coefficient (Wildman–Crippen LogP) is 1.31. The van der Waals surface area contributed by atoms with E-state index in [1.165, 1.54) is 7.11 Å². The van der Waals surface area contributed by atoms with Crippen molar-refractivity contribution in [2.45, 2.75) is 38.6 Å². The largest absolute Gasteiger partial charge is 0.468 e. The number of carbonyl (C=O) groups is 1. The number of carbonyl (C=O) groups excluding carboxylic acids is 1. The molecular weight excluding hydrogens is 166 g/mol. The fourth-order valence-electron chi connectivity index (χ4n) is 2.02. The highest BCUT2D eigenvalue weighted by molar-refractivity contribution is 5.82. The van der Waals surface area contributed by atoms with Gasteiger partial charge in [0.05, 0.1) is 7.11 Å². The van der Waals surface area contributed by atoms with Crippen molar-refractivity contribution in [3.8, 4) is 0 Å². The first kappa shape index (κ1) is 10.5. The van der Waals surface area contributed by atoms with Crippen LogP contribution >= 0.6 is 0 Å². The number of hydrogen-bond acceptors (Lipinski definition) is 3. The molecule has 13 heavy (non-hydrogen) atoms. The lowest BCUT2D eigenvalue weighted by atomic mass is 9.64. The van der Waals surface area contributed by atoms with Gasteiger partial charge in [0, 0.05) is 0 Å². The first-order valence-corrected chi connectivity index (χ1v) is 4.88. The molecule has 0 heterocycles. The normalized spacial score (nSPS) is 32.8. The van der Waals surface area contributed by atoms with E-state index in [2.05, 4.69) is 13.8 Å². The molecule has 76 valence electrons. The molecule has 0 spiro atoms. The topological polar surface area (TPSA) is 52.3 Å². The second-order valence-corrected chi connectivity index (χ2v) is 4.40. The van der Waals surface area contributed by atoms with Crippen LogP contribution in [0.15, 0.2) is 0 Å². The van der Waals surface area contributed by atoms with Crippen molar-refractivity contribution in [1.29, 1.82) is 0 Å². The Morgan fingerprint density at radius 1 is 1.69 bits per heavy atom. The van der Waals surface area contributed by atoms with Crippen molar-refractivity contribution < 1.29 is 9.53 Å². The number of ether oxygens (including phenoxy) is 1. The summed E-state index contributed by atoms with van der Waals surface area (Å²) in [4.78, 5) is 11.4. The van der Waals surface area contributed by atoms with Crippen LogP contribution in [-0.2, 0) is 9.53 Å². The molecule has 0 aliphatic heterocycles. The van der Waals surface area contributed by atoms with Gasteiger partial charge in [0.2, 0.25) is 0 Å². The molecule has 2 atom stereocenters. The van der Waals surface area contributed by atoms with Gasteiger partial charge in [-0.15, -0.1) is 0 Å². The van der Waals surface area contributed by atoms with Crippen molar-refractivity contribution in [1.82, 2.24) is 0 Å². The Kier molecular flexibility index (Phi) is 2.96. The number of hydrogen-bond donors (Lipinski definition) is 1. The summed E-state index contributed by atoms with van der Waals surface area (Å²) in [5.41, 5.74) is 5.29. The molecule has 0 amide bonds. The smallest absolute Gasteiger partial charge is 0.326 e. The fourth-order valence-corrected chi connectivity index (χ4v) is 2.02. The molecular formula is C10H19NO2. The number of nitrogens with two attached hydrogens (primary N) is 1. The Bertz CT molecular complexity index is 203. The lowest BCUT2D eigenvalue weighted by molar-refractivity contribution is -0.154. The van der Waals surface area contributed by atoms with Gasteiger partial charge >= 0.3 is 5.97 Å². The number of rotatable bonds is 3. The Balaban J connectivity index is 2.55. The molecule has 1 fully saturated rings. The molecule has 0 aromatic carbocycles. The van der Waals surface area contributed by atoms with Gasteiger partial charge in [0.1, 0.15) is 5.54 Å². The zero-order valence-electron chi connectivity index (χ0n) is 8.67. The Hall–Kier alpha value is -0.570. The maximum absolute atomic E-state index is 11.4. The maximum Gasteiger partial charge on any atom is 0.326 e. The van der Waals surface area contributed by atoms with Crippen LogP contribution in [0.1, 0.15) is 33.1 Å². The van der Waals surface area contributed by atoms with Crippen LogP contribution in [0.4, 0.5) is 0 Å². The van der Waals surface area contributed by atoms with E-state index in [0.717, 1.165) is 19.3 Å². The third-order valence-electron chi connectivity index (χ3n) is 2.96. The van der Waals surface area contributed by atoms with Gasteiger partial charge in [0.15, 0.2) is 0 Å². The summed E-state index contributed by atoms with van der Waals surface area (Å²) >= 11 is 0. The highest BCUT2D eigenvalue weighted by Gasteiger charge is 2.50. The summed E-state index contributed by atoms with van der Waals surface area (Å²) < 4.78 is 4.71. The van der Waals surface area contributed by atoms with Crippen molar-refractivity contribution in [3.63, 3.8) is 0 Å². The first-order valence-electron chi connectivity index (χ1n) is 4.88. The van der Waals surface area contributed by atoms with Gasteiger partial charge in [-0.25, -0.2) is 0 Å². The van der Waals surface area contributed by atoms with Crippen LogP contribution in [0.3, 0.4) is 0 Å². The quantitative estimate of drug-likeness (QED) is 0.674.